The fraction of sp³-hybridized carbons (Fsp3) is 0.500. The van der Waals surface area contributed by atoms with Gasteiger partial charge in [0, 0.05) is 17.1 Å². The van der Waals surface area contributed by atoms with E-state index in [0.717, 1.165) is 12.8 Å². The van der Waals surface area contributed by atoms with Crippen molar-refractivity contribution in [2.24, 2.45) is 0 Å². The number of hydrogen-bond acceptors (Lipinski definition) is 3. The summed E-state index contributed by atoms with van der Waals surface area (Å²) in [6, 6.07) is 10.3. The number of hydrogen-bond donors (Lipinski definition) is 0. The Morgan fingerprint density at radius 3 is 2.65 bits per heavy atom. The van der Waals surface area contributed by atoms with Gasteiger partial charge < -0.3 is 4.74 Å². The molecule has 1 unspecified atom stereocenters. The first kappa shape index (κ1) is 12.5. The molecule has 92 valence electrons. The van der Waals surface area contributed by atoms with E-state index in [4.69, 9.17) is 4.74 Å². The molecule has 0 aromatic heterocycles. The molecule has 2 rings (SSSR count). The van der Waals surface area contributed by atoms with Crippen LogP contribution in [-0.2, 0) is 9.53 Å². The van der Waals surface area contributed by atoms with Crippen molar-refractivity contribution >= 4 is 17.7 Å². The van der Waals surface area contributed by atoms with E-state index in [1.807, 2.05) is 30.0 Å². The molecule has 1 aliphatic carbocycles. The molecule has 2 atom stereocenters. The predicted octanol–water partition coefficient (Wildman–Crippen LogP) is 3.65. The minimum absolute atomic E-state index is 0.0893. The summed E-state index contributed by atoms with van der Waals surface area (Å²) in [5, 5.41) is 0.412. The molecule has 1 aromatic carbocycles. The van der Waals surface area contributed by atoms with E-state index < -0.39 is 0 Å². The molecule has 0 bridgehead atoms. The number of benzene rings is 1. The molecule has 0 spiro atoms. The quantitative estimate of drug-likeness (QED) is 0.766. The Labute approximate surface area is 107 Å². The number of rotatable bonds is 3. The number of carbonyl (C=O) groups excluding carboxylic acids is 1. The highest BCUT2D eigenvalue weighted by molar-refractivity contribution is 8.00. The third-order valence-corrected chi connectivity index (χ3v) is 4.38. The first-order valence-corrected chi connectivity index (χ1v) is 7.02. The van der Waals surface area contributed by atoms with Crippen LogP contribution in [0.15, 0.2) is 35.2 Å². The van der Waals surface area contributed by atoms with Crippen LogP contribution < -0.4 is 0 Å². The molecular formula is C14H18O2S. The van der Waals surface area contributed by atoms with E-state index in [-0.39, 0.29) is 12.1 Å². The lowest BCUT2D eigenvalue weighted by molar-refractivity contribution is -0.147. The van der Waals surface area contributed by atoms with Gasteiger partial charge in [0.05, 0.1) is 0 Å². The predicted molar refractivity (Wildman–Crippen MR) is 70.1 cm³/mol. The van der Waals surface area contributed by atoms with Crippen LogP contribution in [0, 0.1) is 0 Å². The molecule has 1 aliphatic rings. The van der Waals surface area contributed by atoms with Crippen LogP contribution in [-0.4, -0.2) is 17.3 Å². The van der Waals surface area contributed by atoms with Gasteiger partial charge in [0.15, 0.2) is 0 Å². The van der Waals surface area contributed by atoms with E-state index in [0.29, 0.717) is 5.25 Å². The standard InChI is InChI=1S/C14H18O2S/c1-11(15)16-13-9-5-6-10-14(13)17-12-7-3-2-4-8-12/h2-4,7-8,13-14H,5-6,9-10H2,1H3/t13-,14?/m1/s1. The summed E-state index contributed by atoms with van der Waals surface area (Å²) in [6.07, 6.45) is 4.64. The van der Waals surface area contributed by atoms with Crippen molar-refractivity contribution in [3.05, 3.63) is 30.3 Å². The molecule has 1 fully saturated rings. The van der Waals surface area contributed by atoms with Gasteiger partial charge in [-0.05, 0) is 31.4 Å². The zero-order chi connectivity index (χ0) is 12.1. The van der Waals surface area contributed by atoms with E-state index in [1.165, 1.54) is 24.7 Å². The fourth-order valence-corrected chi connectivity index (χ4v) is 3.51. The summed E-state index contributed by atoms with van der Waals surface area (Å²) in [5.41, 5.74) is 0. The second kappa shape index (κ2) is 6.10. The lowest BCUT2D eigenvalue weighted by atomic mass is 9.97. The summed E-state index contributed by atoms with van der Waals surface area (Å²) in [4.78, 5) is 12.3. The van der Waals surface area contributed by atoms with E-state index in [2.05, 4.69) is 12.1 Å². The molecule has 0 amide bonds. The third-order valence-electron chi connectivity index (χ3n) is 2.99. The van der Waals surface area contributed by atoms with E-state index in [9.17, 15) is 4.79 Å². The van der Waals surface area contributed by atoms with Crippen LogP contribution in [0.5, 0.6) is 0 Å². The number of ether oxygens (including phenoxy) is 1. The number of carbonyl (C=O) groups is 1. The highest BCUT2D eigenvalue weighted by Gasteiger charge is 2.28. The first-order chi connectivity index (χ1) is 8.25. The summed E-state index contributed by atoms with van der Waals surface area (Å²) in [6.45, 7) is 1.50. The molecule has 0 aliphatic heterocycles. The molecule has 1 saturated carbocycles. The number of esters is 1. The van der Waals surface area contributed by atoms with E-state index in [1.54, 1.807) is 0 Å². The average Bonchev–Trinajstić information content (AvgIpc) is 2.32. The molecule has 2 nitrogen and oxygen atoms in total. The maximum Gasteiger partial charge on any atom is 0.302 e. The maximum atomic E-state index is 11.1. The Morgan fingerprint density at radius 1 is 1.24 bits per heavy atom. The van der Waals surface area contributed by atoms with Crippen molar-refractivity contribution in [2.75, 3.05) is 0 Å². The van der Waals surface area contributed by atoms with Crippen LogP contribution >= 0.6 is 11.8 Å². The zero-order valence-electron chi connectivity index (χ0n) is 10.1. The smallest absolute Gasteiger partial charge is 0.302 e. The van der Waals surface area contributed by atoms with Crippen molar-refractivity contribution in [3.63, 3.8) is 0 Å². The summed E-state index contributed by atoms with van der Waals surface area (Å²) < 4.78 is 5.42. The molecule has 17 heavy (non-hydrogen) atoms. The van der Waals surface area contributed by atoms with Crippen LogP contribution in [0.1, 0.15) is 32.6 Å². The van der Waals surface area contributed by atoms with Gasteiger partial charge in [-0.15, -0.1) is 11.8 Å². The van der Waals surface area contributed by atoms with Gasteiger partial charge in [0.1, 0.15) is 6.10 Å². The topological polar surface area (TPSA) is 26.3 Å². The Balaban J connectivity index is 1.99. The van der Waals surface area contributed by atoms with Crippen molar-refractivity contribution in [1.82, 2.24) is 0 Å². The fourth-order valence-electron chi connectivity index (χ4n) is 2.22. The molecular weight excluding hydrogens is 232 g/mol. The normalized spacial score (nSPS) is 24.3. The van der Waals surface area contributed by atoms with Gasteiger partial charge in [-0.2, -0.15) is 0 Å². The molecule has 0 radical (unpaired) electrons. The zero-order valence-corrected chi connectivity index (χ0v) is 10.9. The minimum atomic E-state index is -0.157. The van der Waals surface area contributed by atoms with Gasteiger partial charge in [-0.1, -0.05) is 24.6 Å². The van der Waals surface area contributed by atoms with Crippen LogP contribution in [0.25, 0.3) is 0 Å². The highest BCUT2D eigenvalue weighted by Crippen LogP contribution is 2.35. The summed E-state index contributed by atoms with van der Waals surface area (Å²) in [5.74, 6) is -0.157. The van der Waals surface area contributed by atoms with Gasteiger partial charge in [-0.3, -0.25) is 4.79 Å². The van der Waals surface area contributed by atoms with Crippen LogP contribution in [0.4, 0.5) is 0 Å². The molecule has 1 aromatic rings. The second-order valence-electron chi connectivity index (χ2n) is 4.40. The molecule has 0 heterocycles. The Hall–Kier alpha value is -0.960. The Morgan fingerprint density at radius 2 is 1.94 bits per heavy atom. The lowest BCUT2D eigenvalue weighted by Gasteiger charge is -2.30. The van der Waals surface area contributed by atoms with Gasteiger partial charge >= 0.3 is 5.97 Å². The summed E-state index contributed by atoms with van der Waals surface area (Å²) >= 11 is 1.84. The average molecular weight is 250 g/mol. The third kappa shape index (κ3) is 3.77. The van der Waals surface area contributed by atoms with Crippen molar-refractivity contribution < 1.29 is 9.53 Å². The van der Waals surface area contributed by atoms with Gasteiger partial charge in [0.25, 0.3) is 0 Å². The Bertz CT molecular complexity index is 364. The van der Waals surface area contributed by atoms with Gasteiger partial charge in [-0.25, -0.2) is 0 Å². The maximum absolute atomic E-state index is 11.1. The number of thioether (sulfide) groups is 1. The molecule has 0 saturated heterocycles. The van der Waals surface area contributed by atoms with Gasteiger partial charge in [0.2, 0.25) is 0 Å². The Kier molecular flexibility index (Phi) is 4.49. The van der Waals surface area contributed by atoms with E-state index >= 15 is 0 Å². The molecule has 3 heteroatoms. The first-order valence-electron chi connectivity index (χ1n) is 6.14. The monoisotopic (exact) mass is 250 g/mol. The molecule has 0 N–H and O–H groups in total. The van der Waals surface area contributed by atoms with Crippen molar-refractivity contribution in [3.8, 4) is 0 Å². The largest absolute Gasteiger partial charge is 0.461 e. The minimum Gasteiger partial charge on any atom is -0.461 e. The highest BCUT2D eigenvalue weighted by atomic mass is 32.2. The SMILES string of the molecule is CC(=O)O[C@@H]1CCCCC1Sc1ccccc1. The lowest BCUT2D eigenvalue weighted by Crippen LogP contribution is -2.31. The van der Waals surface area contributed by atoms with Crippen LogP contribution in [0.2, 0.25) is 0 Å². The second-order valence-corrected chi connectivity index (χ2v) is 5.71. The van der Waals surface area contributed by atoms with Crippen LogP contribution in [0.3, 0.4) is 0 Å². The van der Waals surface area contributed by atoms with Crippen molar-refractivity contribution in [2.45, 2.75) is 48.9 Å². The summed E-state index contributed by atoms with van der Waals surface area (Å²) in [7, 11) is 0. The van der Waals surface area contributed by atoms with Crippen molar-refractivity contribution in [1.29, 1.82) is 0 Å².